The van der Waals surface area contributed by atoms with Crippen LogP contribution in [0.1, 0.15) is 5.56 Å². The van der Waals surface area contributed by atoms with Gasteiger partial charge >= 0.3 is 9.28 Å². The van der Waals surface area contributed by atoms with Gasteiger partial charge in [-0.2, -0.15) is 0 Å². The first-order valence-electron chi connectivity index (χ1n) is 4.02. The van der Waals surface area contributed by atoms with E-state index in [1.165, 1.54) is 10.8 Å². The molecule has 0 amide bonds. The predicted molar refractivity (Wildman–Crippen MR) is 65.0 cm³/mol. The van der Waals surface area contributed by atoms with Gasteiger partial charge in [-0.1, -0.05) is 46.9 Å². The van der Waals surface area contributed by atoms with Crippen LogP contribution >= 0.6 is 22.6 Å². The highest BCUT2D eigenvalue weighted by atomic mass is 127. The van der Waals surface area contributed by atoms with E-state index in [0.717, 1.165) is 4.43 Å². The molecule has 0 aromatic heterocycles. The van der Waals surface area contributed by atoms with Crippen LogP contribution in [0.4, 0.5) is 0 Å². The van der Waals surface area contributed by atoms with Crippen molar-refractivity contribution in [1.82, 2.24) is 0 Å². The monoisotopic (exact) mass is 308 g/mol. The van der Waals surface area contributed by atoms with E-state index in [9.17, 15) is 0 Å². The summed E-state index contributed by atoms with van der Waals surface area (Å²) in [6.07, 6.45) is 0. The first-order chi connectivity index (χ1) is 6.33. The van der Waals surface area contributed by atoms with Crippen LogP contribution in [-0.4, -0.2) is 23.5 Å². The number of alkyl halides is 1. The Bertz CT molecular complexity index is 264. The van der Waals surface area contributed by atoms with Crippen molar-refractivity contribution in [2.45, 2.75) is 4.43 Å². The highest BCUT2D eigenvalue weighted by Gasteiger charge is 2.15. The minimum absolute atomic E-state index is 1.00. The van der Waals surface area contributed by atoms with Crippen molar-refractivity contribution in [1.29, 1.82) is 0 Å². The Morgan fingerprint density at radius 3 is 2.38 bits per heavy atom. The molecule has 2 nitrogen and oxygen atoms in total. The van der Waals surface area contributed by atoms with Gasteiger partial charge in [0.15, 0.2) is 0 Å². The summed E-state index contributed by atoms with van der Waals surface area (Å²) in [7, 11) is 1.81. The van der Waals surface area contributed by atoms with E-state index in [4.69, 9.17) is 8.85 Å². The number of halogens is 1. The van der Waals surface area contributed by atoms with Gasteiger partial charge in [-0.15, -0.1) is 0 Å². The summed E-state index contributed by atoms with van der Waals surface area (Å²) in [5.41, 5.74) is 1.32. The molecule has 0 saturated carbocycles. The Hall–Kier alpha value is 0.0869. The maximum Gasteiger partial charge on any atom is 0.355 e. The molecule has 0 heterocycles. The Labute approximate surface area is 94.2 Å². The standard InChI is InChI=1S/C9H13IO2Si/c1-11-13(12-2)9-6-4-3-5-8(9)7-10/h3-6,13H,7H2,1-2H3. The maximum atomic E-state index is 5.34. The van der Waals surface area contributed by atoms with Crippen LogP contribution in [0.25, 0.3) is 0 Å². The van der Waals surface area contributed by atoms with Gasteiger partial charge in [0.05, 0.1) is 0 Å². The Morgan fingerprint density at radius 1 is 1.23 bits per heavy atom. The van der Waals surface area contributed by atoms with Crippen molar-refractivity contribution >= 4 is 37.1 Å². The van der Waals surface area contributed by atoms with Gasteiger partial charge in [0.2, 0.25) is 0 Å². The molecule has 0 aliphatic heterocycles. The van der Waals surface area contributed by atoms with Crippen molar-refractivity contribution in [3.63, 3.8) is 0 Å². The lowest BCUT2D eigenvalue weighted by Gasteiger charge is -2.13. The molecule has 1 rings (SSSR count). The smallest absolute Gasteiger partial charge is 0.355 e. The fourth-order valence-electron chi connectivity index (χ4n) is 1.24. The number of benzene rings is 1. The van der Waals surface area contributed by atoms with Crippen LogP contribution in [0.2, 0.25) is 0 Å². The molecule has 0 fully saturated rings. The molecule has 1 aromatic rings. The van der Waals surface area contributed by atoms with Crippen molar-refractivity contribution in [3.8, 4) is 0 Å². The van der Waals surface area contributed by atoms with Crippen LogP contribution in [0.15, 0.2) is 24.3 Å². The molecule has 0 atom stereocenters. The Morgan fingerprint density at radius 2 is 1.85 bits per heavy atom. The molecular formula is C9H13IO2Si. The average Bonchev–Trinajstić information content (AvgIpc) is 2.20. The van der Waals surface area contributed by atoms with Crippen LogP contribution in [0.5, 0.6) is 0 Å². The Kier molecular flexibility index (Phi) is 4.93. The lowest BCUT2D eigenvalue weighted by atomic mass is 10.2. The molecule has 0 radical (unpaired) electrons. The average molecular weight is 308 g/mol. The van der Waals surface area contributed by atoms with E-state index in [1.807, 2.05) is 12.1 Å². The molecule has 4 heteroatoms. The summed E-state index contributed by atoms with van der Waals surface area (Å²) < 4.78 is 11.7. The molecule has 0 unspecified atom stereocenters. The quantitative estimate of drug-likeness (QED) is 0.475. The lowest BCUT2D eigenvalue weighted by molar-refractivity contribution is 0.291. The molecule has 0 aliphatic rings. The zero-order valence-corrected chi connectivity index (χ0v) is 11.1. The third-order valence-corrected chi connectivity index (χ3v) is 4.63. The first-order valence-corrected chi connectivity index (χ1v) is 7.07. The number of hydrogen-bond acceptors (Lipinski definition) is 2. The summed E-state index contributed by atoms with van der Waals surface area (Å²) in [5, 5.41) is 1.25. The summed E-state index contributed by atoms with van der Waals surface area (Å²) in [5.74, 6) is 0. The van der Waals surface area contributed by atoms with Gasteiger partial charge in [-0.25, -0.2) is 0 Å². The highest BCUT2D eigenvalue weighted by Crippen LogP contribution is 2.04. The third kappa shape index (κ3) is 2.77. The second-order valence-corrected chi connectivity index (χ2v) is 5.63. The van der Waals surface area contributed by atoms with E-state index < -0.39 is 9.28 Å². The van der Waals surface area contributed by atoms with Gasteiger partial charge < -0.3 is 8.85 Å². The summed E-state index contributed by atoms with van der Waals surface area (Å²) in [6.45, 7) is 0. The van der Waals surface area contributed by atoms with Crippen LogP contribution in [0.3, 0.4) is 0 Å². The molecule has 0 N–H and O–H groups in total. The summed E-state index contributed by atoms with van der Waals surface area (Å²) in [4.78, 5) is 0. The fraction of sp³-hybridized carbons (Fsp3) is 0.333. The van der Waals surface area contributed by atoms with E-state index in [1.54, 1.807) is 14.2 Å². The second kappa shape index (κ2) is 5.74. The minimum Gasteiger partial charge on any atom is -0.397 e. The van der Waals surface area contributed by atoms with Crippen molar-refractivity contribution in [3.05, 3.63) is 29.8 Å². The Balaban J connectivity index is 2.96. The van der Waals surface area contributed by atoms with E-state index in [2.05, 4.69) is 34.7 Å². The van der Waals surface area contributed by atoms with Gasteiger partial charge in [-0.3, -0.25) is 0 Å². The van der Waals surface area contributed by atoms with Gasteiger partial charge in [-0.05, 0) is 10.8 Å². The lowest BCUT2D eigenvalue weighted by Crippen LogP contribution is -2.36. The topological polar surface area (TPSA) is 18.5 Å². The third-order valence-electron chi connectivity index (χ3n) is 1.88. The molecule has 0 spiro atoms. The normalized spacial score (nSPS) is 10.8. The van der Waals surface area contributed by atoms with Crippen LogP contribution in [0, 0.1) is 0 Å². The maximum absolute atomic E-state index is 5.34. The molecule has 1 aromatic carbocycles. The van der Waals surface area contributed by atoms with Crippen molar-refractivity contribution < 1.29 is 8.85 Å². The van der Waals surface area contributed by atoms with Crippen molar-refractivity contribution in [2.75, 3.05) is 14.2 Å². The molecule has 0 aliphatic carbocycles. The SMILES string of the molecule is CO[SiH](OC)c1ccccc1CI. The van der Waals surface area contributed by atoms with Gasteiger partial charge in [0, 0.05) is 18.6 Å². The van der Waals surface area contributed by atoms with Crippen molar-refractivity contribution in [2.24, 2.45) is 0 Å². The molecule has 13 heavy (non-hydrogen) atoms. The van der Waals surface area contributed by atoms with E-state index in [-0.39, 0.29) is 0 Å². The number of hydrogen-bond donors (Lipinski definition) is 0. The largest absolute Gasteiger partial charge is 0.397 e. The predicted octanol–water partition coefficient (Wildman–Crippen LogP) is 1.34. The zero-order valence-electron chi connectivity index (χ0n) is 7.79. The molecule has 0 bridgehead atoms. The summed E-state index contributed by atoms with van der Waals surface area (Å²) >= 11 is 2.36. The van der Waals surface area contributed by atoms with Gasteiger partial charge in [0.1, 0.15) is 0 Å². The number of rotatable bonds is 4. The molecular weight excluding hydrogens is 295 g/mol. The van der Waals surface area contributed by atoms with Gasteiger partial charge in [0.25, 0.3) is 0 Å². The minimum atomic E-state index is -1.61. The van der Waals surface area contributed by atoms with E-state index >= 15 is 0 Å². The fourth-order valence-corrected chi connectivity index (χ4v) is 3.82. The molecule has 0 saturated heterocycles. The van der Waals surface area contributed by atoms with Crippen LogP contribution < -0.4 is 5.19 Å². The van der Waals surface area contributed by atoms with E-state index in [0.29, 0.717) is 0 Å². The molecule has 72 valence electrons. The highest BCUT2D eigenvalue weighted by molar-refractivity contribution is 14.1. The second-order valence-electron chi connectivity index (χ2n) is 2.64. The summed E-state index contributed by atoms with van der Waals surface area (Å²) in [6, 6.07) is 8.30. The first kappa shape index (κ1) is 11.2. The zero-order chi connectivity index (χ0) is 9.68. The van der Waals surface area contributed by atoms with Crippen LogP contribution in [-0.2, 0) is 13.3 Å².